The molecule has 7 heteroatoms. The Hall–Kier alpha value is -2.16. The molecule has 0 saturated heterocycles. The van der Waals surface area contributed by atoms with Crippen molar-refractivity contribution in [2.45, 2.75) is 0 Å². The van der Waals surface area contributed by atoms with Crippen molar-refractivity contribution in [3.05, 3.63) is 52.1 Å². The van der Waals surface area contributed by atoms with Crippen molar-refractivity contribution in [1.82, 2.24) is 14.6 Å². The van der Waals surface area contributed by atoms with Gasteiger partial charge >= 0.3 is 0 Å². The third kappa shape index (κ3) is 1.82. The maximum Gasteiger partial charge on any atom is 0.176 e. The van der Waals surface area contributed by atoms with Crippen LogP contribution < -0.4 is 0 Å². The van der Waals surface area contributed by atoms with Crippen LogP contribution in [-0.4, -0.2) is 14.6 Å². The van der Waals surface area contributed by atoms with Gasteiger partial charge in [-0.1, -0.05) is 41.4 Å². The van der Waals surface area contributed by atoms with Crippen LogP contribution in [-0.2, 0) is 0 Å². The monoisotopic (exact) mass is 306 g/mol. The smallest absolute Gasteiger partial charge is 0.176 e. The molecule has 0 radical (unpaired) electrons. The highest BCUT2D eigenvalue weighted by Crippen LogP contribution is 2.35. The van der Waals surface area contributed by atoms with Gasteiger partial charge in [0.25, 0.3) is 0 Å². The number of nitrogens with zero attached hydrogens (tertiary/aromatic N) is 4. The van der Waals surface area contributed by atoms with Crippen molar-refractivity contribution in [2.75, 3.05) is 0 Å². The molecule has 0 aliphatic heterocycles. The van der Waals surface area contributed by atoms with Gasteiger partial charge in [-0.2, -0.15) is 10.4 Å². The van der Waals surface area contributed by atoms with Crippen LogP contribution in [0.4, 0.5) is 4.39 Å². The number of aromatic nitrogens is 3. The van der Waals surface area contributed by atoms with Crippen LogP contribution in [0.2, 0.25) is 10.3 Å². The third-order valence-electron chi connectivity index (χ3n) is 2.81. The fourth-order valence-electron chi connectivity index (χ4n) is 1.90. The van der Waals surface area contributed by atoms with Gasteiger partial charge in [-0.15, -0.1) is 0 Å². The first-order valence-electron chi connectivity index (χ1n) is 5.51. The maximum absolute atomic E-state index is 13.9. The Morgan fingerprint density at radius 2 is 2.00 bits per heavy atom. The summed E-state index contributed by atoms with van der Waals surface area (Å²) in [7, 11) is 0. The minimum Gasteiger partial charge on any atom is -0.215 e. The van der Waals surface area contributed by atoms with E-state index in [4.69, 9.17) is 28.5 Å². The van der Waals surface area contributed by atoms with Crippen LogP contribution in [0.5, 0.6) is 0 Å². The maximum atomic E-state index is 13.9. The molecule has 20 heavy (non-hydrogen) atoms. The fraction of sp³-hybridized carbons (Fsp3) is 0. The van der Waals surface area contributed by atoms with Crippen LogP contribution in [0.25, 0.3) is 16.8 Å². The quantitative estimate of drug-likeness (QED) is 0.644. The summed E-state index contributed by atoms with van der Waals surface area (Å²) in [6.45, 7) is 0. The van der Waals surface area contributed by atoms with Crippen molar-refractivity contribution < 1.29 is 4.39 Å². The zero-order chi connectivity index (χ0) is 14.3. The molecule has 0 unspecified atom stereocenters. The summed E-state index contributed by atoms with van der Waals surface area (Å²) in [6.07, 6.45) is 1.33. The van der Waals surface area contributed by atoms with E-state index < -0.39 is 5.82 Å². The fourth-order valence-corrected chi connectivity index (χ4v) is 2.53. The molecule has 2 heterocycles. The number of hydrogen-bond acceptors (Lipinski definition) is 3. The van der Waals surface area contributed by atoms with Crippen molar-refractivity contribution in [1.29, 1.82) is 5.26 Å². The summed E-state index contributed by atoms with van der Waals surface area (Å²) in [5, 5.41) is 13.0. The Balaban J connectivity index is 2.39. The molecule has 0 N–H and O–H groups in total. The van der Waals surface area contributed by atoms with E-state index in [1.165, 1.54) is 16.8 Å². The minimum absolute atomic E-state index is 0.0181. The molecule has 98 valence electrons. The Labute approximate surface area is 123 Å². The summed E-state index contributed by atoms with van der Waals surface area (Å²) in [5.74, 6) is -0.467. The van der Waals surface area contributed by atoms with E-state index in [1.807, 2.05) is 6.07 Å². The summed E-state index contributed by atoms with van der Waals surface area (Å²) in [6, 6.07) is 8.02. The number of halogens is 3. The van der Waals surface area contributed by atoms with E-state index in [1.54, 1.807) is 18.2 Å². The van der Waals surface area contributed by atoms with Gasteiger partial charge in [-0.05, 0) is 6.07 Å². The summed E-state index contributed by atoms with van der Waals surface area (Å²) in [5.41, 5.74) is 0.953. The second-order valence-corrected chi connectivity index (χ2v) is 4.67. The number of benzene rings is 1. The van der Waals surface area contributed by atoms with E-state index in [2.05, 4.69) is 10.1 Å². The highest BCUT2D eigenvalue weighted by Gasteiger charge is 2.19. The first kappa shape index (κ1) is 12.9. The number of nitriles is 1. The average molecular weight is 307 g/mol. The van der Waals surface area contributed by atoms with Crippen molar-refractivity contribution >= 4 is 28.8 Å². The molecule has 2 aromatic heterocycles. The van der Waals surface area contributed by atoms with Crippen molar-refractivity contribution in [3.8, 4) is 17.2 Å². The van der Waals surface area contributed by atoms with E-state index in [0.717, 1.165) is 0 Å². The van der Waals surface area contributed by atoms with Gasteiger partial charge in [-0.3, -0.25) is 0 Å². The molecule has 3 rings (SSSR count). The normalized spacial score (nSPS) is 10.7. The molecule has 0 bridgehead atoms. The van der Waals surface area contributed by atoms with Crippen LogP contribution >= 0.6 is 23.2 Å². The first-order chi connectivity index (χ1) is 9.63. The van der Waals surface area contributed by atoms with E-state index in [-0.39, 0.29) is 32.6 Å². The predicted octanol–water partition coefficient (Wildman–Crippen LogP) is 3.71. The zero-order valence-electron chi connectivity index (χ0n) is 9.81. The van der Waals surface area contributed by atoms with Gasteiger partial charge in [0.1, 0.15) is 27.8 Å². The Bertz CT molecular complexity index is 867. The van der Waals surface area contributed by atoms with Crippen LogP contribution in [0.3, 0.4) is 0 Å². The molecular weight excluding hydrogens is 302 g/mol. The second-order valence-electron chi connectivity index (χ2n) is 3.95. The minimum atomic E-state index is -0.467. The molecule has 0 spiro atoms. The first-order valence-corrected chi connectivity index (χ1v) is 6.27. The summed E-state index contributed by atoms with van der Waals surface area (Å²) in [4.78, 5) is 4.08. The lowest BCUT2D eigenvalue weighted by molar-refractivity contribution is 0.631. The van der Waals surface area contributed by atoms with E-state index >= 15 is 0 Å². The Morgan fingerprint density at radius 3 is 2.70 bits per heavy atom. The highest BCUT2D eigenvalue weighted by molar-refractivity contribution is 6.38. The van der Waals surface area contributed by atoms with Gasteiger partial charge in [0.2, 0.25) is 0 Å². The average Bonchev–Trinajstić information content (AvgIpc) is 2.84. The second kappa shape index (κ2) is 4.75. The molecule has 0 saturated carbocycles. The molecule has 4 nitrogen and oxygen atoms in total. The van der Waals surface area contributed by atoms with Crippen LogP contribution in [0.1, 0.15) is 5.56 Å². The molecular formula is C13H5Cl2FN4. The molecule has 3 aromatic rings. The van der Waals surface area contributed by atoms with Crippen LogP contribution in [0, 0.1) is 17.1 Å². The van der Waals surface area contributed by atoms with Gasteiger partial charge in [0.05, 0.1) is 11.8 Å². The molecule has 0 amide bonds. The third-order valence-corrected chi connectivity index (χ3v) is 3.43. The van der Waals surface area contributed by atoms with Gasteiger partial charge < -0.3 is 0 Å². The Kier molecular flexibility index (Phi) is 3.05. The molecule has 0 atom stereocenters. The number of rotatable bonds is 1. The van der Waals surface area contributed by atoms with Crippen LogP contribution in [0.15, 0.2) is 30.5 Å². The number of hydrogen-bond donors (Lipinski definition) is 0. The zero-order valence-corrected chi connectivity index (χ0v) is 11.3. The molecule has 1 aromatic carbocycles. The van der Waals surface area contributed by atoms with E-state index in [0.29, 0.717) is 0 Å². The predicted molar refractivity (Wildman–Crippen MR) is 73.1 cm³/mol. The van der Waals surface area contributed by atoms with Crippen molar-refractivity contribution in [3.63, 3.8) is 0 Å². The van der Waals surface area contributed by atoms with E-state index in [9.17, 15) is 4.39 Å². The SMILES string of the molecule is N#Cc1cnn2c(Cl)c(-c3ccccc3F)c(Cl)nc12. The van der Waals surface area contributed by atoms with Gasteiger partial charge in [0.15, 0.2) is 5.65 Å². The molecule has 0 aliphatic rings. The lowest BCUT2D eigenvalue weighted by Gasteiger charge is -2.09. The number of fused-ring (bicyclic) bond motifs is 1. The molecule has 0 aliphatic carbocycles. The van der Waals surface area contributed by atoms with Crippen molar-refractivity contribution in [2.24, 2.45) is 0 Å². The van der Waals surface area contributed by atoms with Gasteiger partial charge in [-0.25, -0.2) is 13.9 Å². The van der Waals surface area contributed by atoms with Gasteiger partial charge in [0, 0.05) is 5.56 Å². The Morgan fingerprint density at radius 1 is 1.25 bits per heavy atom. The largest absolute Gasteiger partial charge is 0.215 e. The topological polar surface area (TPSA) is 54.0 Å². The summed E-state index contributed by atoms with van der Waals surface area (Å²) >= 11 is 12.3. The molecule has 0 fully saturated rings. The lowest BCUT2D eigenvalue weighted by atomic mass is 10.1. The summed E-state index contributed by atoms with van der Waals surface area (Å²) < 4.78 is 15.1. The standard InChI is InChI=1S/C13H5Cl2FN4/c14-11-10(8-3-1-2-4-9(8)16)12(15)20-13(19-11)7(5-17)6-18-20/h1-4,6H. The lowest BCUT2D eigenvalue weighted by Crippen LogP contribution is -1.98. The highest BCUT2D eigenvalue weighted by atomic mass is 35.5.